The minimum atomic E-state index is -0.776. The predicted molar refractivity (Wildman–Crippen MR) is 348 cm³/mol. The minimum absolute atomic E-state index is 0.0761. The third-order valence-corrected chi connectivity index (χ3v) is 14.8. The summed E-state index contributed by atoms with van der Waals surface area (Å²) in [5, 5.41) is 0. The van der Waals surface area contributed by atoms with Crippen molar-refractivity contribution in [2.45, 2.75) is 341 Å². The number of carbonyl (C=O) groups is 3. The van der Waals surface area contributed by atoms with E-state index in [-0.39, 0.29) is 31.1 Å². The lowest BCUT2D eigenvalue weighted by molar-refractivity contribution is -0.167. The highest BCUT2D eigenvalue weighted by molar-refractivity contribution is 5.71. The van der Waals surface area contributed by atoms with Crippen molar-refractivity contribution >= 4 is 17.9 Å². The molecule has 6 heteroatoms. The monoisotopic (exact) mass is 1110 g/mol. The predicted octanol–water partition coefficient (Wildman–Crippen LogP) is 23.6. The lowest BCUT2D eigenvalue weighted by atomic mass is 10.0. The molecule has 1 unspecified atom stereocenters. The van der Waals surface area contributed by atoms with E-state index >= 15 is 0 Å². The van der Waals surface area contributed by atoms with Crippen molar-refractivity contribution in [3.05, 3.63) is 97.2 Å². The Morgan fingerprint density at radius 2 is 0.487 bits per heavy atom. The Bertz CT molecular complexity index is 1560. The van der Waals surface area contributed by atoms with Crippen LogP contribution in [-0.2, 0) is 28.6 Å². The Balaban J connectivity index is 4.04. The first kappa shape index (κ1) is 76.3. The van der Waals surface area contributed by atoms with Gasteiger partial charge in [-0.3, -0.25) is 14.4 Å². The number of hydrogen-bond acceptors (Lipinski definition) is 6. The molecule has 0 aromatic carbocycles. The number of carbonyl (C=O) groups excluding carboxylic acids is 3. The fourth-order valence-electron chi connectivity index (χ4n) is 9.71. The van der Waals surface area contributed by atoms with E-state index in [9.17, 15) is 14.4 Å². The van der Waals surface area contributed by atoms with Gasteiger partial charge in [0.2, 0.25) is 0 Å². The second kappa shape index (κ2) is 67.8. The Hall–Kier alpha value is -3.67. The molecule has 0 N–H and O–H groups in total. The van der Waals surface area contributed by atoms with E-state index in [0.29, 0.717) is 19.3 Å². The van der Waals surface area contributed by atoms with E-state index < -0.39 is 6.10 Å². The third-order valence-electron chi connectivity index (χ3n) is 14.8. The summed E-state index contributed by atoms with van der Waals surface area (Å²) in [6.45, 7) is 6.48. The van der Waals surface area contributed by atoms with Crippen molar-refractivity contribution in [1.29, 1.82) is 0 Å². The van der Waals surface area contributed by atoms with Gasteiger partial charge in [0.25, 0.3) is 0 Å². The van der Waals surface area contributed by atoms with Crippen LogP contribution in [0.1, 0.15) is 335 Å². The van der Waals surface area contributed by atoms with E-state index in [4.69, 9.17) is 14.2 Å². The second-order valence-corrected chi connectivity index (χ2v) is 22.7. The van der Waals surface area contributed by atoms with Gasteiger partial charge in [-0.05, 0) is 103 Å². The molecule has 6 nitrogen and oxygen atoms in total. The maximum atomic E-state index is 12.9. The molecule has 0 rings (SSSR count). The highest BCUT2D eigenvalue weighted by Gasteiger charge is 2.19. The molecule has 0 heterocycles. The molecule has 0 bridgehead atoms. The Morgan fingerprint density at radius 3 is 0.762 bits per heavy atom. The zero-order chi connectivity index (χ0) is 57.8. The zero-order valence-corrected chi connectivity index (χ0v) is 52.8. The van der Waals surface area contributed by atoms with Gasteiger partial charge in [0, 0.05) is 19.3 Å². The van der Waals surface area contributed by atoms with Crippen LogP contribution in [0.15, 0.2) is 97.2 Å². The number of ether oxygens (including phenoxy) is 3. The maximum absolute atomic E-state index is 12.9. The van der Waals surface area contributed by atoms with E-state index in [0.717, 1.165) is 103 Å². The van der Waals surface area contributed by atoms with Crippen LogP contribution in [0.5, 0.6) is 0 Å². The minimum Gasteiger partial charge on any atom is -0.462 e. The van der Waals surface area contributed by atoms with Gasteiger partial charge >= 0.3 is 17.9 Å². The Labute approximate surface area is 496 Å². The standard InChI is InChI=1S/C74H128O6/c1-4-7-10-13-16-18-20-22-24-26-28-30-32-34-35-36-37-38-39-41-42-44-46-48-50-52-54-56-58-61-64-67-73(76)79-70-71(69-78-72(75)66-63-60-15-12-9-6-3)80-74(77)68-65-62-59-57-55-53-51-49-47-45-43-40-33-31-29-27-25-23-21-19-17-14-11-8-5-2/h7,10,16,18,21-24,27-30,33-35,40,71H,4-6,8-9,11-15,17,19-20,25-26,31-32,36-39,41-70H2,1-3H3/b10-7-,18-16-,23-21-,24-22-,29-27-,30-28-,35-34-,40-33-. The third kappa shape index (κ3) is 65.1. The molecule has 0 aromatic heterocycles. The van der Waals surface area contributed by atoms with Crippen LogP contribution in [-0.4, -0.2) is 37.2 Å². The van der Waals surface area contributed by atoms with Crippen LogP contribution in [0.3, 0.4) is 0 Å². The molecule has 0 aliphatic heterocycles. The summed E-state index contributed by atoms with van der Waals surface area (Å²) in [6, 6.07) is 0. The average Bonchev–Trinajstić information content (AvgIpc) is 3.46. The smallest absolute Gasteiger partial charge is 0.306 e. The van der Waals surface area contributed by atoms with Crippen LogP contribution >= 0.6 is 0 Å². The molecule has 0 fully saturated rings. The lowest BCUT2D eigenvalue weighted by Gasteiger charge is -2.18. The number of hydrogen-bond donors (Lipinski definition) is 0. The zero-order valence-electron chi connectivity index (χ0n) is 52.8. The Morgan fingerprint density at radius 1 is 0.263 bits per heavy atom. The van der Waals surface area contributed by atoms with Crippen LogP contribution in [0.25, 0.3) is 0 Å². The van der Waals surface area contributed by atoms with Gasteiger partial charge in [-0.1, -0.05) is 311 Å². The molecule has 0 aromatic rings. The molecule has 0 saturated carbocycles. The highest BCUT2D eigenvalue weighted by atomic mass is 16.6. The van der Waals surface area contributed by atoms with Crippen molar-refractivity contribution in [1.82, 2.24) is 0 Å². The molecule has 1 atom stereocenters. The first-order chi connectivity index (χ1) is 39.5. The molecule has 80 heavy (non-hydrogen) atoms. The maximum Gasteiger partial charge on any atom is 0.306 e. The van der Waals surface area contributed by atoms with E-state index in [1.165, 1.54) is 193 Å². The SMILES string of the molecule is CC/C=C\C/C=C\C/C=C\C/C=C\C/C=C\CCCCCCCCCCCCCCCCCC(=O)OCC(COC(=O)CCCCCCCC)OC(=O)CCCCCCCCCCCC/C=C\C/C=C\C/C=C\CCCCCCC. The van der Waals surface area contributed by atoms with Gasteiger partial charge < -0.3 is 14.2 Å². The highest BCUT2D eigenvalue weighted by Crippen LogP contribution is 2.17. The topological polar surface area (TPSA) is 78.9 Å². The van der Waals surface area contributed by atoms with Crippen molar-refractivity contribution in [3.8, 4) is 0 Å². The number of allylic oxidation sites excluding steroid dienone is 16. The first-order valence-electron chi connectivity index (χ1n) is 34.2. The number of esters is 3. The summed E-state index contributed by atoms with van der Waals surface area (Å²) < 4.78 is 16.8. The fraction of sp³-hybridized carbons (Fsp3) is 0.743. The van der Waals surface area contributed by atoms with E-state index in [1.54, 1.807) is 0 Å². The van der Waals surface area contributed by atoms with Gasteiger partial charge in [0.15, 0.2) is 6.10 Å². The molecule has 0 aliphatic carbocycles. The van der Waals surface area contributed by atoms with Crippen molar-refractivity contribution in [3.63, 3.8) is 0 Å². The van der Waals surface area contributed by atoms with E-state index in [2.05, 4.69) is 118 Å². The van der Waals surface area contributed by atoms with Crippen LogP contribution < -0.4 is 0 Å². The molecular weight excluding hydrogens is 985 g/mol. The summed E-state index contributed by atoms with van der Waals surface area (Å²) in [5.74, 6) is -0.878. The molecule has 0 amide bonds. The Kier molecular flexibility index (Phi) is 64.7. The normalized spacial score (nSPS) is 12.7. The largest absolute Gasteiger partial charge is 0.462 e. The summed E-state index contributed by atoms with van der Waals surface area (Å²) in [7, 11) is 0. The van der Waals surface area contributed by atoms with Gasteiger partial charge in [-0.15, -0.1) is 0 Å². The quantitative estimate of drug-likeness (QED) is 0.0261. The molecular formula is C74H128O6. The van der Waals surface area contributed by atoms with Crippen LogP contribution in [0.2, 0.25) is 0 Å². The van der Waals surface area contributed by atoms with Crippen molar-refractivity contribution in [2.24, 2.45) is 0 Å². The molecule has 0 radical (unpaired) electrons. The summed E-state index contributed by atoms with van der Waals surface area (Å²) in [6.07, 6.45) is 91.8. The molecule has 0 aliphatic rings. The molecule has 0 spiro atoms. The fourth-order valence-corrected chi connectivity index (χ4v) is 9.71. The van der Waals surface area contributed by atoms with Crippen LogP contribution in [0.4, 0.5) is 0 Å². The average molecular weight is 1110 g/mol. The van der Waals surface area contributed by atoms with Gasteiger partial charge in [0.05, 0.1) is 0 Å². The van der Waals surface area contributed by atoms with Crippen LogP contribution in [0, 0.1) is 0 Å². The van der Waals surface area contributed by atoms with Crippen molar-refractivity contribution < 1.29 is 28.6 Å². The van der Waals surface area contributed by atoms with Crippen molar-refractivity contribution in [2.75, 3.05) is 13.2 Å². The summed E-state index contributed by atoms with van der Waals surface area (Å²) in [4.78, 5) is 38.1. The number of unbranched alkanes of at least 4 members (excludes halogenated alkanes) is 35. The lowest BCUT2D eigenvalue weighted by Crippen LogP contribution is -2.30. The molecule has 0 saturated heterocycles. The summed E-state index contributed by atoms with van der Waals surface area (Å²) in [5.41, 5.74) is 0. The first-order valence-corrected chi connectivity index (χ1v) is 34.2. The van der Waals surface area contributed by atoms with Gasteiger partial charge in [0.1, 0.15) is 13.2 Å². The van der Waals surface area contributed by atoms with E-state index in [1.807, 2.05) is 0 Å². The summed E-state index contributed by atoms with van der Waals surface area (Å²) >= 11 is 0. The van der Waals surface area contributed by atoms with Gasteiger partial charge in [-0.2, -0.15) is 0 Å². The number of rotatable bonds is 62. The molecule has 460 valence electrons. The van der Waals surface area contributed by atoms with Gasteiger partial charge in [-0.25, -0.2) is 0 Å². The second-order valence-electron chi connectivity index (χ2n) is 22.7.